The van der Waals surface area contributed by atoms with Crippen molar-refractivity contribution in [3.63, 3.8) is 0 Å². The Morgan fingerprint density at radius 2 is 1.70 bits per heavy atom. The van der Waals surface area contributed by atoms with Crippen LogP contribution in [0.5, 0.6) is 0 Å². The number of hydrogen-bond donors (Lipinski definition) is 1. The zero-order valence-electron chi connectivity index (χ0n) is 12.4. The van der Waals surface area contributed by atoms with Crippen LogP contribution in [0.15, 0.2) is 42.5 Å². The van der Waals surface area contributed by atoms with Crippen molar-refractivity contribution in [3.8, 4) is 11.1 Å². The van der Waals surface area contributed by atoms with Crippen LogP contribution in [0.2, 0.25) is 12.6 Å². The second-order valence-electron chi connectivity index (χ2n) is 6.60. The lowest BCUT2D eigenvalue weighted by atomic mass is 9.92. The molecule has 0 spiro atoms. The van der Waals surface area contributed by atoms with Gasteiger partial charge in [0.1, 0.15) is 8.24 Å². The number of benzene rings is 2. The Labute approximate surface area is 122 Å². The van der Waals surface area contributed by atoms with Crippen LogP contribution in [0.1, 0.15) is 35.1 Å². The summed E-state index contributed by atoms with van der Waals surface area (Å²) >= 11 is 0. The smallest absolute Gasteiger partial charge is 0.134 e. The van der Waals surface area contributed by atoms with E-state index in [0.29, 0.717) is 11.5 Å². The summed E-state index contributed by atoms with van der Waals surface area (Å²) in [6, 6.07) is 17.3. The molecule has 0 aromatic heterocycles. The quantitative estimate of drug-likeness (QED) is 0.770. The molecule has 0 saturated heterocycles. The van der Waals surface area contributed by atoms with Gasteiger partial charge in [0.2, 0.25) is 0 Å². The Kier molecular flexibility index (Phi) is 2.51. The first-order valence-corrected chi connectivity index (χ1v) is 10.3. The fourth-order valence-electron chi connectivity index (χ4n) is 4.49. The molecule has 0 saturated carbocycles. The highest BCUT2D eigenvalue weighted by molar-refractivity contribution is 6.79. The van der Waals surface area contributed by atoms with Crippen molar-refractivity contribution in [2.24, 2.45) is 0 Å². The van der Waals surface area contributed by atoms with Gasteiger partial charge in [0.15, 0.2) is 0 Å². The first-order chi connectivity index (χ1) is 9.65. The number of fused-ring (bicyclic) bond motifs is 3. The molecule has 0 fully saturated rings. The van der Waals surface area contributed by atoms with Gasteiger partial charge in [0, 0.05) is 5.54 Å². The highest BCUT2D eigenvalue weighted by Gasteiger charge is 2.48. The van der Waals surface area contributed by atoms with Crippen LogP contribution in [-0.4, -0.2) is 15.3 Å². The average molecular weight is 279 g/mol. The molecular formula is C18H21NSi. The molecule has 1 nitrogen and oxygen atoms in total. The molecule has 3 unspecified atom stereocenters. The van der Waals surface area contributed by atoms with Crippen LogP contribution in [0, 0.1) is 0 Å². The molecule has 2 aromatic carbocycles. The van der Waals surface area contributed by atoms with E-state index in [2.05, 4.69) is 68.0 Å². The van der Waals surface area contributed by atoms with Gasteiger partial charge in [-0.3, -0.25) is 0 Å². The van der Waals surface area contributed by atoms with Gasteiger partial charge in [-0.25, -0.2) is 0 Å². The van der Waals surface area contributed by atoms with E-state index in [-0.39, 0.29) is 0 Å². The minimum absolute atomic E-state index is 0.631. The second-order valence-corrected chi connectivity index (χ2v) is 10.9. The van der Waals surface area contributed by atoms with Gasteiger partial charge in [0.25, 0.3) is 0 Å². The zero-order valence-corrected chi connectivity index (χ0v) is 13.4. The van der Waals surface area contributed by atoms with Crippen LogP contribution in [-0.2, 0) is 0 Å². The summed E-state index contributed by atoms with van der Waals surface area (Å²) in [6.45, 7) is 4.92. The zero-order chi connectivity index (χ0) is 13.9. The van der Waals surface area contributed by atoms with E-state index in [4.69, 9.17) is 0 Å². The first-order valence-electron chi connectivity index (χ1n) is 7.57. The first kappa shape index (κ1) is 12.4. The normalized spacial score (nSPS) is 29.9. The molecule has 2 heteroatoms. The molecule has 2 aromatic rings. The summed E-state index contributed by atoms with van der Waals surface area (Å²) in [4.78, 5) is 3.77. The fraction of sp³-hybridized carbons (Fsp3) is 0.333. The lowest BCUT2D eigenvalue weighted by Gasteiger charge is -2.42. The summed E-state index contributed by atoms with van der Waals surface area (Å²) in [5.41, 5.74) is 8.37. The van der Waals surface area contributed by atoms with Crippen LogP contribution >= 0.6 is 0 Å². The van der Waals surface area contributed by atoms with Crippen molar-refractivity contribution in [2.45, 2.75) is 31.0 Å². The summed E-state index contributed by atoms with van der Waals surface area (Å²) < 4.78 is 0. The van der Waals surface area contributed by atoms with Crippen molar-refractivity contribution in [2.75, 3.05) is 7.05 Å². The van der Waals surface area contributed by atoms with E-state index in [1.165, 1.54) is 17.2 Å². The third-order valence-electron chi connectivity index (χ3n) is 5.46. The third-order valence-corrected chi connectivity index (χ3v) is 9.94. The van der Waals surface area contributed by atoms with Gasteiger partial charge in [-0.2, -0.15) is 0 Å². The molecule has 1 aliphatic heterocycles. The van der Waals surface area contributed by atoms with Crippen molar-refractivity contribution in [3.05, 3.63) is 59.2 Å². The number of hydrogen-bond acceptors (Lipinski definition) is 1. The monoisotopic (exact) mass is 279 g/mol. The highest BCUT2D eigenvalue weighted by atomic mass is 28.3. The summed E-state index contributed by atoms with van der Waals surface area (Å²) in [5.74, 6) is 0.680. The SMILES string of the molecule is CN[Si]1(C)CC(C)c2cccc3c2C1c1ccccc1-3. The molecule has 1 heterocycles. The largest absolute Gasteiger partial charge is 0.339 e. The maximum absolute atomic E-state index is 3.77. The molecule has 1 N–H and O–H groups in total. The van der Waals surface area contributed by atoms with Gasteiger partial charge >= 0.3 is 0 Å². The van der Waals surface area contributed by atoms with Gasteiger partial charge in [-0.1, -0.05) is 55.9 Å². The van der Waals surface area contributed by atoms with E-state index in [0.717, 1.165) is 0 Å². The maximum Gasteiger partial charge on any atom is 0.134 e. The summed E-state index contributed by atoms with van der Waals surface area (Å²) in [6.07, 6.45) is 0. The third kappa shape index (κ3) is 1.41. The molecule has 2 aliphatic rings. The Balaban J connectivity index is 2.08. The topological polar surface area (TPSA) is 12.0 Å². The molecule has 102 valence electrons. The Hall–Kier alpha value is -1.38. The maximum atomic E-state index is 3.77. The average Bonchev–Trinajstić information content (AvgIpc) is 2.81. The fourth-order valence-corrected chi connectivity index (χ4v) is 8.61. The molecule has 20 heavy (non-hydrogen) atoms. The Morgan fingerprint density at radius 1 is 1.00 bits per heavy atom. The Morgan fingerprint density at radius 3 is 2.50 bits per heavy atom. The molecule has 0 radical (unpaired) electrons. The summed E-state index contributed by atoms with van der Waals surface area (Å²) in [5, 5.41) is 0. The molecular weight excluding hydrogens is 258 g/mol. The standard InChI is InChI=1S/C18H21NSi/c1-12-11-20(3,19-2)18-16-8-5-4-7-14(16)15-10-6-9-13(12)17(15)18/h4-10,12,18-19H,11H2,1-3H3. The second kappa shape index (κ2) is 4.06. The van der Waals surface area contributed by atoms with Gasteiger partial charge in [-0.15, -0.1) is 0 Å². The van der Waals surface area contributed by atoms with Gasteiger partial charge in [-0.05, 0) is 46.8 Å². The van der Waals surface area contributed by atoms with Crippen LogP contribution in [0.25, 0.3) is 11.1 Å². The molecule has 0 bridgehead atoms. The van der Waals surface area contributed by atoms with E-state index in [1.54, 1.807) is 16.7 Å². The van der Waals surface area contributed by atoms with Crippen LogP contribution in [0.4, 0.5) is 0 Å². The highest BCUT2D eigenvalue weighted by Crippen LogP contribution is 2.55. The minimum Gasteiger partial charge on any atom is -0.339 e. The number of rotatable bonds is 1. The van der Waals surface area contributed by atoms with E-state index >= 15 is 0 Å². The van der Waals surface area contributed by atoms with E-state index < -0.39 is 8.24 Å². The lowest BCUT2D eigenvalue weighted by molar-refractivity contribution is 0.762. The predicted molar refractivity (Wildman–Crippen MR) is 87.6 cm³/mol. The lowest BCUT2D eigenvalue weighted by Crippen LogP contribution is -2.54. The summed E-state index contributed by atoms with van der Waals surface area (Å²) in [7, 11) is 0.671. The van der Waals surface area contributed by atoms with Crippen molar-refractivity contribution < 1.29 is 0 Å². The van der Waals surface area contributed by atoms with Crippen molar-refractivity contribution in [1.82, 2.24) is 4.98 Å². The predicted octanol–water partition coefficient (Wildman–Crippen LogP) is 4.25. The molecule has 0 amide bonds. The van der Waals surface area contributed by atoms with E-state index in [9.17, 15) is 0 Å². The van der Waals surface area contributed by atoms with Gasteiger partial charge in [0.05, 0.1) is 0 Å². The van der Waals surface area contributed by atoms with E-state index in [1.807, 2.05) is 0 Å². The van der Waals surface area contributed by atoms with Crippen LogP contribution < -0.4 is 4.98 Å². The van der Waals surface area contributed by atoms with Crippen LogP contribution in [0.3, 0.4) is 0 Å². The van der Waals surface area contributed by atoms with Crippen molar-refractivity contribution in [1.29, 1.82) is 0 Å². The molecule has 1 aliphatic carbocycles. The van der Waals surface area contributed by atoms with Gasteiger partial charge < -0.3 is 4.98 Å². The minimum atomic E-state index is -1.50. The molecule has 4 rings (SSSR count). The Bertz CT molecular complexity index is 694. The number of nitrogens with one attached hydrogen (secondary N) is 1. The van der Waals surface area contributed by atoms with Crippen molar-refractivity contribution >= 4 is 8.24 Å². The molecule has 3 atom stereocenters.